The Labute approximate surface area is 124 Å². The lowest BCUT2D eigenvalue weighted by atomic mass is 10.0. The summed E-state index contributed by atoms with van der Waals surface area (Å²) >= 11 is 0. The molecule has 0 aromatic heterocycles. The molecule has 0 radical (unpaired) electrons. The minimum Gasteiger partial charge on any atom is -0.478 e. The average Bonchev–Trinajstić information content (AvgIpc) is 2.44. The number of nitrogens with zero attached hydrogens (tertiary/aromatic N) is 1. The normalized spacial score (nSPS) is 17.5. The molecule has 0 unspecified atom stereocenters. The number of aromatic carboxylic acids is 1. The van der Waals surface area contributed by atoms with E-state index in [1.165, 1.54) is 0 Å². The van der Waals surface area contributed by atoms with E-state index in [2.05, 4.69) is 0 Å². The van der Waals surface area contributed by atoms with Crippen molar-refractivity contribution in [2.24, 2.45) is 0 Å². The second kappa shape index (κ2) is 6.26. The molecule has 1 fully saturated rings. The molecule has 1 aliphatic rings. The van der Waals surface area contributed by atoms with Crippen molar-refractivity contribution in [1.82, 2.24) is 4.90 Å². The third-order valence-electron chi connectivity index (χ3n) is 3.61. The van der Waals surface area contributed by atoms with Crippen LogP contribution in [0.2, 0.25) is 0 Å². The zero-order chi connectivity index (χ0) is 15.5. The van der Waals surface area contributed by atoms with Gasteiger partial charge >= 0.3 is 5.97 Å². The first-order valence-electron chi connectivity index (χ1n) is 7.11. The van der Waals surface area contributed by atoms with Crippen LogP contribution in [-0.4, -0.2) is 47.2 Å². The maximum Gasteiger partial charge on any atom is 0.335 e. The summed E-state index contributed by atoms with van der Waals surface area (Å²) in [6, 6.07) is 6.67. The fourth-order valence-electron chi connectivity index (χ4n) is 2.45. The summed E-state index contributed by atoms with van der Waals surface area (Å²) in [5.41, 5.74) is 0.956. The molecule has 1 aromatic rings. The predicted octanol–water partition coefficient (Wildman–Crippen LogP) is 1.95. The Kier molecular flexibility index (Phi) is 4.63. The van der Waals surface area contributed by atoms with E-state index in [0.29, 0.717) is 32.5 Å². The maximum atomic E-state index is 12.2. The highest BCUT2D eigenvalue weighted by molar-refractivity contribution is 5.87. The van der Waals surface area contributed by atoms with E-state index in [0.717, 1.165) is 5.56 Å². The highest BCUT2D eigenvalue weighted by atomic mass is 16.5. The molecule has 5 nitrogen and oxygen atoms in total. The number of carbonyl (C=O) groups excluding carboxylic acids is 1. The standard InChI is InChI=1S/C16H21NO4/c1-16(2)11-17(9-10-21-16)14(18)8-5-12-3-6-13(7-4-12)15(19)20/h3-4,6-7H,5,8-11H2,1-2H3,(H,19,20). The molecule has 2 rings (SSSR count). The van der Waals surface area contributed by atoms with Crippen molar-refractivity contribution < 1.29 is 19.4 Å². The number of rotatable bonds is 4. The summed E-state index contributed by atoms with van der Waals surface area (Å²) in [5, 5.41) is 8.84. The molecule has 0 aliphatic carbocycles. The van der Waals surface area contributed by atoms with Gasteiger partial charge in [0, 0.05) is 19.5 Å². The van der Waals surface area contributed by atoms with Crippen molar-refractivity contribution >= 4 is 11.9 Å². The van der Waals surface area contributed by atoms with Crippen molar-refractivity contribution in [3.05, 3.63) is 35.4 Å². The molecule has 114 valence electrons. The molecule has 1 saturated heterocycles. The Balaban J connectivity index is 1.87. The molecule has 1 aromatic carbocycles. The van der Waals surface area contributed by atoms with Crippen LogP contribution >= 0.6 is 0 Å². The van der Waals surface area contributed by atoms with E-state index in [1.54, 1.807) is 24.3 Å². The van der Waals surface area contributed by atoms with Gasteiger partial charge in [0.05, 0.1) is 17.8 Å². The molecule has 1 aliphatic heterocycles. The van der Waals surface area contributed by atoms with E-state index >= 15 is 0 Å². The van der Waals surface area contributed by atoms with Crippen molar-refractivity contribution in [2.45, 2.75) is 32.3 Å². The molecule has 0 bridgehead atoms. The zero-order valence-electron chi connectivity index (χ0n) is 12.5. The molecule has 1 heterocycles. The van der Waals surface area contributed by atoms with Gasteiger partial charge < -0.3 is 14.7 Å². The summed E-state index contributed by atoms with van der Waals surface area (Å²) in [4.78, 5) is 24.8. The van der Waals surface area contributed by atoms with E-state index in [-0.39, 0.29) is 17.1 Å². The Hall–Kier alpha value is -1.88. The van der Waals surface area contributed by atoms with Gasteiger partial charge in [-0.25, -0.2) is 4.79 Å². The first-order valence-corrected chi connectivity index (χ1v) is 7.11. The molecule has 1 amide bonds. The zero-order valence-corrected chi connectivity index (χ0v) is 12.5. The third kappa shape index (κ3) is 4.29. The lowest BCUT2D eigenvalue weighted by Gasteiger charge is -2.38. The number of amides is 1. The summed E-state index contributed by atoms with van der Waals surface area (Å²) in [5.74, 6) is -0.818. The maximum absolute atomic E-state index is 12.2. The largest absolute Gasteiger partial charge is 0.478 e. The molecule has 1 N–H and O–H groups in total. The molecule has 5 heteroatoms. The number of ether oxygens (including phenoxy) is 1. The Bertz CT molecular complexity index is 522. The van der Waals surface area contributed by atoms with E-state index in [1.807, 2.05) is 18.7 Å². The minimum absolute atomic E-state index is 0.119. The van der Waals surface area contributed by atoms with Crippen LogP contribution in [0.1, 0.15) is 36.2 Å². The van der Waals surface area contributed by atoms with Crippen LogP contribution in [-0.2, 0) is 16.0 Å². The van der Waals surface area contributed by atoms with Crippen LogP contribution in [0.5, 0.6) is 0 Å². The van der Waals surface area contributed by atoms with Gasteiger partial charge in [-0.05, 0) is 38.0 Å². The quantitative estimate of drug-likeness (QED) is 0.921. The number of carboxylic acid groups (broad SMARTS) is 1. The van der Waals surface area contributed by atoms with E-state index in [9.17, 15) is 9.59 Å². The van der Waals surface area contributed by atoms with Gasteiger partial charge in [-0.1, -0.05) is 12.1 Å². The van der Waals surface area contributed by atoms with E-state index < -0.39 is 5.97 Å². The number of aryl methyl sites for hydroxylation is 1. The van der Waals surface area contributed by atoms with Gasteiger partial charge in [0.25, 0.3) is 0 Å². The fourth-order valence-corrected chi connectivity index (χ4v) is 2.45. The van der Waals surface area contributed by atoms with Gasteiger partial charge in [0.2, 0.25) is 5.91 Å². The summed E-state index contributed by atoms with van der Waals surface area (Å²) in [6.45, 7) is 5.80. The fraction of sp³-hybridized carbons (Fsp3) is 0.500. The Morgan fingerprint density at radius 2 is 1.95 bits per heavy atom. The Morgan fingerprint density at radius 1 is 1.29 bits per heavy atom. The summed E-state index contributed by atoms with van der Waals surface area (Å²) in [7, 11) is 0. The van der Waals surface area contributed by atoms with Crippen LogP contribution in [0.4, 0.5) is 0 Å². The topological polar surface area (TPSA) is 66.8 Å². The van der Waals surface area contributed by atoms with Crippen molar-refractivity contribution in [3.63, 3.8) is 0 Å². The highest BCUT2D eigenvalue weighted by Crippen LogP contribution is 2.17. The van der Waals surface area contributed by atoms with Crippen LogP contribution in [0.25, 0.3) is 0 Å². The number of carboxylic acids is 1. The van der Waals surface area contributed by atoms with Crippen molar-refractivity contribution in [2.75, 3.05) is 19.7 Å². The second-order valence-corrected chi connectivity index (χ2v) is 5.93. The number of carbonyl (C=O) groups is 2. The highest BCUT2D eigenvalue weighted by Gasteiger charge is 2.29. The van der Waals surface area contributed by atoms with Gasteiger partial charge in [-0.2, -0.15) is 0 Å². The number of morpholine rings is 1. The predicted molar refractivity (Wildman–Crippen MR) is 78.3 cm³/mol. The number of hydrogen-bond acceptors (Lipinski definition) is 3. The Morgan fingerprint density at radius 3 is 2.52 bits per heavy atom. The van der Waals surface area contributed by atoms with E-state index in [4.69, 9.17) is 9.84 Å². The van der Waals surface area contributed by atoms with Gasteiger partial charge in [-0.15, -0.1) is 0 Å². The summed E-state index contributed by atoms with van der Waals surface area (Å²) < 4.78 is 5.59. The van der Waals surface area contributed by atoms with Gasteiger partial charge in [0.1, 0.15) is 0 Å². The smallest absolute Gasteiger partial charge is 0.335 e. The van der Waals surface area contributed by atoms with Crippen LogP contribution in [0, 0.1) is 0 Å². The SMILES string of the molecule is CC1(C)CN(C(=O)CCc2ccc(C(=O)O)cc2)CCO1. The molecule has 0 saturated carbocycles. The second-order valence-electron chi connectivity index (χ2n) is 5.93. The van der Waals surface area contributed by atoms with Gasteiger partial charge in [-0.3, -0.25) is 4.79 Å². The molecule has 21 heavy (non-hydrogen) atoms. The molecular formula is C16H21NO4. The lowest BCUT2D eigenvalue weighted by Crippen LogP contribution is -2.50. The van der Waals surface area contributed by atoms with Crippen molar-refractivity contribution in [1.29, 1.82) is 0 Å². The van der Waals surface area contributed by atoms with Crippen LogP contribution in [0.15, 0.2) is 24.3 Å². The lowest BCUT2D eigenvalue weighted by molar-refractivity contribution is -0.145. The monoisotopic (exact) mass is 291 g/mol. The first-order chi connectivity index (χ1) is 9.87. The van der Waals surface area contributed by atoms with Crippen LogP contribution in [0.3, 0.4) is 0 Å². The number of benzene rings is 1. The minimum atomic E-state index is -0.937. The first kappa shape index (κ1) is 15.5. The molecule has 0 atom stereocenters. The summed E-state index contributed by atoms with van der Waals surface area (Å²) in [6.07, 6.45) is 1.05. The third-order valence-corrected chi connectivity index (χ3v) is 3.61. The molecular weight excluding hydrogens is 270 g/mol. The van der Waals surface area contributed by atoms with Gasteiger partial charge in [0.15, 0.2) is 0 Å². The van der Waals surface area contributed by atoms with Crippen molar-refractivity contribution in [3.8, 4) is 0 Å². The average molecular weight is 291 g/mol. The van der Waals surface area contributed by atoms with Crippen LogP contribution < -0.4 is 0 Å². The number of hydrogen-bond donors (Lipinski definition) is 1. The molecule has 0 spiro atoms.